The summed E-state index contributed by atoms with van der Waals surface area (Å²) < 4.78 is 37.8. The van der Waals surface area contributed by atoms with Gasteiger partial charge in [-0.3, -0.25) is 44.1 Å². The fourth-order valence-electron chi connectivity index (χ4n) is 9.90. The van der Waals surface area contributed by atoms with E-state index >= 15 is 0 Å². The average molecular weight is 1370 g/mol. The van der Waals surface area contributed by atoms with Crippen LogP contribution in [-0.4, -0.2) is 100 Å². The van der Waals surface area contributed by atoms with E-state index in [1.54, 1.807) is 83.1 Å². The smallest absolute Gasteiger partial charge is 0.410 e. The normalized spacial score (nSPS) is 11.3. The Kier molecular flexibility index (Phi) is 30.2. The van der Waals surface area contributed by atoms with Gasteiger partial charge in [0, 0.05) is 95.0 Å². The molecule has 1 aliphatic carbocycles. The van der Waals surface area contributed by atoms with Gasteiger partial charge < -0.3 is 30.3 Å². The third-order valence-electron chi connectivity index (χ3n) is 14.1. The predicted octanol–water partition coefficient (Wildman–Crippen LogP) is 15.4. The lowest BCUT2D eigenvalue weighted by atomic mass is 9.98. The number of ether oxygens (including phenoxy) is 2. The largest absolute Gasteiger partial charge is 0.449 e. The summed E-state index contributed by atoms with van der Waals surface area (Å²) in [5, 5.41) is 32.9. The molecule has 0 aliphatic heterocycles. The van der Waals surface area contributed by atoms with E-state index in [1.165, 1.54) is 69.5 Å². The Bertz CT molecular complexity index is 3890. The number of nitro benzene ring substituents is 2. The van der Waals surface area contributed by atoms with Crippen molar-refractivity contribution in [3.05, 3.63) is 245 Å². The molecule has 26 heteroatoms. The molecule has 2 heterocycles. The van der Waals surface area contributed by atoms with Gasteiger partial charge in [-0.2, -0.15) is 18.7 Å². The van der Waals surface area contributed by atoms with Crippen molar-refractivity contribution in [1.29, 1.82) is 0 Å². The van der Waals surface area contributed by atoms with Crippen molar-refractivity contribution >= 4 is 64.5 Å². The summed E-state index contributed by atoms with van der Waals surface area (Å²) in [5.41, 5.74) is 5.46. The van der Waals surface area contributed by atoms with Crippen LogP contribution in [0.1, 0.15) is 143 Å². The van der Waals surface area contributed by atoms with E-state index in [4.69, 9.17) is 32.7 Å². The van der Waals surface area contributed by atoms with Crippen molar-refractivity contribution in [2.24, 2.45) is 5.92 Å². The Balaban J connectivity index is 0.000000299. The molecule has 0 saturated carbocycles. The number of benzene rings is 6. The van der Waals surface area contributed by atoms with E-state index in [0.717, 1.165) is 39.4 Å². The maximum absolute atomic E-state index is 14.3. The molecule has 0 radical (unpaired) electrons. The van der Waals surface area contributed by atoms with Crippen molar-refractivity contribution in [3.63, 3.8) is 0 Å². The number of hydrogen-bond donors (Lipinski definition) is 3. The highest BCUT2D eigenvalue weighted by atomic mass is 35.5. The fourth-order valence-corrected chi connectivity index (χ4v) is 10.2. The molecule has 6 aromatic carbocycles. The number of aromatic nitrogens is 4. The molecule has 5 amide bonds. The van der Waals surface area contributed by atoms with E-state index < -0.39 is 63.4 Å². The van der Waals surface area contributed by atoms with Crippen LogP contribution >= 0.6 is 23.2 Å². The summed E-state index contributed by atoms with van der Waals surface area (Å²) in [7, 11) is 0. The zero-order valence-corrected chi connectivity index (χ0v) is 57.5. The molecule has 2 aromatic heterocycles. The second-order valence-corrected chi connectivity index (χ2v) is 23.5. The summed E-state index contributed by atoms with van der Waals surface area (Å²) in [6.45, 7) is 21.5. The summed E-state index contributed by atoms with van der Waals surface area (Å²) in [4.78, 5) is 100. The van der Waals surface area contributed by atoms with Gasteiger partial charge in [0.2, 0.25) is 11.9 Å². The van der Waals surface area contributed by atoms with Crippen molar-refractivity contribution in [2.45, 2.75) is 126 Å². The number of hydrogen-bond acceptors (Lipinski definition) is 14. The minimum absolute atomic E-state index is 0.0194. The number of carbonyl (C=O) groups is 5. The first kappa shape index (κ1) is 77.5. The molecule has 1 aliphatic rings. The summed E-state index contributed by atoms with van der Waals surface area (Å²) >= 11 is 12.0. The lowest BCUT2D eigenvalue weighted by Gasteiger charge is -2.29. The molecule has 9 rings (SSSR count). The molecule has 8 aromatic rings. The maximum Gasteiger partial charge on any atom is 0.410 e. The van der Waals surface area contributed by atoms with Crippen LogP contribution in [0.15, 0.2) is 158 Å². The summed E-state index contributed by atoms with van der Waals surface area (Å²) in [6, 6.07) is 38.4. The number of rotatable bonds is 21. The lowest BCUT2D eigenvalue weighted by molar-refractivity contribution is -0.385. The predicted molar refractivity (Wildman–Crippen MR) is 368 cm³/mol. The fraction of sp³-hybridized carbons (Fsp3) is 0.324. The molecule has 3 N–H and O–H groups in total. The quantitative estimate of drug-likeness (QED) is 0.0261. The molecule has 22 nitrogen and oxygen atoms in total. The monoisotopic (exact) mass is 1370 g/mol. The number of nitrogens with one attached hydrogen (secondary N) is 3. The highest BCUT2D eigenvalue weighted by molar-refractivity contribution is 6.30. The first-order chi connectivity index (χ1) is 46.3. The van der Waals surface area contributed by atoms with Crippen LogP contribution in [0, 0.1) is 38.2 Å². The van der Waals surface area contributed by atoms with Crippen molar-refractivity contribution in [1.82, 2.24) is 45.3 Å². The molecule has 0 saturated heterocycles. The Morgan fingerprint density at radius 1 is 0.660 bits per heavy atom. The van der Waals surface area contributed by atoms with Gasteiger partial charge >= 0.3 is 18.3 Å². The van der Waals surface area contributed by atoms with Crippen LogP contribution in [0.5, 0.6) is 0 Å². The van der Waals surface area contributed by atoms with Gasteiger partial charge in [0.1, 0.15) is 30.4 Å². The van der Waals surface area contributed by atoms with Crippen molar-refractivity contribution < 1.29 is 52.1 Å². The number of amides is 5. The molecule has 0 fully saturated rings. The van der Waals surface area contributed by atoms with Crippen molar-refractivity contribution in [2.75, 3.05) is 19.7 Å². The third kappa shape index (κ3) is 23.3. The SMILES string of the molecule is CC.CC.CCNC(=O)c1ccc(CN(Cc2ccc(Cl)cc2)C(=O)C(CC(C)C)NC(=O)OCC2c3ccccc3-c3ccccc32)c([N+](=O)[O-])c1.CCNC(=O)c1ccc(CN(Cc2ccc(Cl)cc2)C(=O)OC(C)(C)C)c([N+](=O)[O-])c1.Fc1cc(-n2ccnc2)nc(F)n1. The number of fused-ring (bicyclic) bond motifs is 3. The molecule has 0 bridgehead atoms. The van der Waals surface area contributed by atoms with Crippen LogP contribution < -0.4 is 16.0 Å². The average Bonchev–Trinajstić information content (AvgIpc) is 1.64. The van der Waals surface area contributed by atoms with Crippen LogP contribution in [0.2, 0.25) is 10.0 Å². The number of carbonyl (C=O) groups excluding carboxylic acids is 5. The second-order valence-electron chi connectivity index (χ2n) is 22.6. The van der Waals surface area contributed by atoms with Gasteiger partial charge in [-0.15, -0.1) is 0 Å². The van der Waals surface area contributed by atoms with E-state index in [9.17, 15) is 53.0 Å². The molecular weight excluding hydrogens is 1290 g/mol. The summed E-state index contributed by atoms with van der Waals surface area (Å²) in [6.07, 6.45) is 2.27. The van der Waals surface area contributed by atoms with E-state index in [1.807, 2.05) is 77.9 Å². The van der Waals surface area contributed by atoms with E-state index in [-0.39, 0.29) is 84.1 Å². The topological polar surface area (TPSA) is 276 Å². The van der Waals surface area contributed by atoms with Crippen molar-refractivity contribution in [3.8, 4) is 16.9 Å². The highest BCUT2D eigenvalue weighted by Crippen LogP contribution is 2.44. The van der Waals surface area contributed by atoms with Crippen LogP contribution in [0.3, 0.4) is 0 Å². The van der Waals surface area contributed by atoms with Gasteiger partial charge in [0.15, 0.2) is 0 Å². The molecule has 1 atom stereocenters. The molecule has 0 spiro atoms. The van der Waals surface area contributed by atoms with E-state index in [2.05, 4.69) is 43.0 Å². The van der Waals surface area contributed by atoms with Crippen LogP contribution in [-0.2, 0) is 40.4 Å². The number of nitro groups is 2. The molecule has 514 valence electrons. The minimum Gasteiger partial charge on any atom is -0.449 e. The van der Waals surface area contributed by atoms with Gasteiger partial charge in [0.05, 0.1) is 22.9 Å². The number of nitrogens with zero attached hydrogens (tertiary/aromatic N) is 8. The molecule has 1 unspecified atom stereocenters. The lowest BCUT2D eigenvalue weighted by Crippen LogP contribution is -2.49. The van der Waals surface area contributed by atoms with E-state index in [0.29, 0.717) is 29.6 Å². The van der Waals surface area contributed by atoms with Crippen LogP contribution in [0.25, 0.3) is 16.9 Å². The third-order valence-corrected chi connectivity index (χ3v) is 14.6. The first-order valence-corrected chi connectivity index (χ1v) is 32.2. The number of halogens is 4. The minimum atomic E-state index is -1.09. The zero-order chi connectivity index (χ0) is 71.5. The number of imidazole rings is 1. The Hall–Kier alpha value is -10.2. The summed E-state index contributed by atoms with van der Waals surface area (Å²) in [5.74, 6) is -2.19. The number of alkyl carbamates (subject to hydrolysis) is 1. The standard InChI is InChI=1S/C38H39ClN4O6.C22H26ClN3O5.C7H4F2N4.2C2H6/c1-4-40-36(44)26-15-16-27(35(20-26)43(47)48)22-42(21-25-13-17-28(39)18-14-25)37(45)34(19-24(2)3)41-38(46)49-23-33-31-11-7-5-9-29(31)30-10-6-8-12-32(30)33;1-5-24-20(27)16-8-9-17(19(12-16)26(29)30)14-25(21(28)31-22(2,3)4)13-15-6-10-18(23)11-7-15;8-5-3-6(12-7(9)11-5)13-2-1-10-4-13;2*1-2/h5-18,20,24,33-34H,4,19,21-23H2,1-3H3,(H,40,44)(H,41,46);6-12H,5,13-14H2,1-4H3,(H,24,27);1-4H;2*1-2H3. The zero-order valence-electron chi connectivity index (χ0n) is 56.0. The van der Waals surface area contributed by atoms with Gasteiger partial charge in [-0.1, -0.05) is 138 Å². The molecular formula is C71H81Cl2F2N11O11. The Morgan fingerprint density at radius 2 is 1.13 bits per heavy atom. The van der Waals surface area contributed by atoms with Gasteiger partial charge in [-0.05, 0) is 129 Å². The van der Waals surface area contributed by atoms with Gasteiger partial charge in [-0.25, -0.2) is 14.6 Å². The van der Waals surface area contributed by atoms with Gasteiger partial charge in [0.25, 0.3) is 23.2 Å². The Morgan fingerprint density at radius 3 is 1.57 bits per heavy atom. The second kappa shape index (κ2) is 37.8. The Labute approximate surface area is 573 Å². The highest BCUT2D eigenvalue weighted by Gasteiger charge is 2.33. The maximum atomic E-state index is 14.3. The molecule has 97 heavy (non-hydrogen) atoms. The van der Waals surface area contributed by atoms with Crippen LogP contribution in [0.4, 0.5) is 29.7 Å². The first-order valence-electron chi connectivity index (χ1n) is 31.5.